The molecule has 98 valence electrons. The van der Waals surface area contributed by atoms with Crippen LogP contribution in [0.1, 0.15) is 18.1 Å². The molecule has 0 saturated heterocycles. The van der Waals surface area contributed by atoms with Crippen molar-refractivity contribution in [2.75, 3.05) is 5.32 Å². The molecule has 3 N–H and O–H groups in total. The van der Waals surface area contributed by atoms with Crippen molar-refractivity contribution in [3.05, 3.63) is 65.7 Å². The molecule has 0 aromatic heterocycles. The summed E-state index contributed by atoms with van der Waals surface area (Å²) in [6, 6.07) is 17.8. The minimum absolute atomic E-state index is 0.352. The lowest BCUT2D eigenvalue weighted by Gasteiger charge is -2.15. The van der Waals surface area contributed by atoms with Gasteiger partial charge in [-0.15, -0.1) is 0 Å². The van der Waals surface area contributed by atoms with Crippen molar-refractivity contribution in [1.29, 1.82) is 0 Å². The maximum atomic E-state index is 11.1. The molecule has 2 rings (SSSR count). The zero-order valence-corrected chi connectivity index (χ0v) is 11.0. The van der Waals surface area contributed by atoms with E-state index in [0.29, 0.717) is 0 Å². The molecule has 1 amide bonds. The van der Waals surface area contributed by atoms with Crippen LogP contribution in [-0.4, -0.2) is 11.9 Å². The number of hydrogen-bond donors (Lipinski definition) is 2. The van der Waals surface area contributed by atoms with Gasteiger partial charge >= 0.3 is 0 Å². The lowest BCUT2D eigenvalue weighted by Crippen LogP contribution is -2.32. The third-order valence-electron chi connectivity index (χ3n) is 3.05. The van der Waals surface area contributed by atoms with Gasteiger partial charge in [0.25, 0.3) is 0 Å². The molecule has 0 radical (unpaired) electrons. The molecule has 1 unspecified atom stereocenters. The van der Waals surface area contributed by atoms with Crippen molar-refractivity contribution < 1.29 is 4.79 Å². The number of nitrogens with one attached hydrogen (secondary N) is 1. The number of carbonyl (C=O) groups excluding carboxylic acids is 1. The topological polar surface area (TPSA) is 55.1 Å². The molecule has 0 aliphatic rings. The lowest BCUT2D eigenvalue weighted by molar-refractivity contribution is -0.118. The first-order valence-corrected chi connectivity index (χ1v) is 6.34. The number of para-hydroxylation sites is 1. The van der Waals surface area contributed by atoms with Crippen LogP contribution in [0.2, 0.25) is 0 Å². The molecule has 3 heteroatoms. The summed E-state index contributed by atoms with van der Waals surface area (Å²) in [6.07, 6.45) is 0.829. The molecule has 0 fully saturated rings. The van der Waals surface area contributed by atoms with E-state index in [0.717, 1.165) is 17.7 Å². The Labute approximate surface area is 113 Å². The predicted octanol–water partition coefficient (Wildman–Crippen LogP) is 2.56. The first-order valence-electron chi connectivity index (χ1n) is 6.34. The minimum atomic E-state index is -0.378. The molecule has 2 aromatic carbocycles. The molecule has 1 atom stereocenters. The Morgan fingerprint density at radius 3 is 2.42 bits per heavy atom. The summed E-state index contributed by atoms with van der Waals surface area (Å²) in [7, 11) is 0. The second kappa shape index (κ2) is 6.05. The van der Waals surface area contributed by atoms with Gasteiger partial charge in [-0.25, -0.2) is 0 Å². The number of rotatable bonds is 5. The van der Waals surface area contributed by atoms with E-state index in [2.05, 4.69) is 23.5 Å². The van der Waals surface area contributed by atoms with E-state index < -0.39 is 0 Å². The van der Waals surface area contributed by atoms with Gasteiger partial charge in [0.1, 0.15) is 6.04 Å². The number of carbonyl (C=O) groups is 1. The molecule has 0 spiro atoms. The maximum Gasteiger partial charge on any atom is 0.239 e. The van der Waals surface area contributed by atoms with E-state index in [-0.39, 0.29) is 11.9 Å². The summed E-state index contributed by atoms with van der Waals surface area (Å²) in [6.45, 7) is 1.77. The molecular weight excluding hydrogens is 236 g/mol. The second-order valence-electron chi connectivity index (χ2n) is 4.59. The van der Waals surface area contributed by atoms with Crippen LogP contribution in [0, 0.1) is 0 Å². The third-order valence-corrected chi connectivity index (χ3v) is 3.05. The fourth-order valence-electron chi connectivity index (χ4n) is 1.94. The quantitative estimate of drug-likeness (QED) is 0.861. The molecule has 0 aliphatic heterocycles. The fourth-order valence-corrected chi connectivity index (χ4v) is 1.94. The number of primary amides is 1. The lowest BCUT2D eigenvalue weighted by atomic mass is 10.0. The molecule has 2 aromatic rings. The van der Waals surface area contributed by atoms with Crippen LogP contribution in [-0.2, 0) is 11.2 Å². The standard InChI is InChI=1S/C16H18N2O/c1-12(16(17)19)18-15-10-6-5-9-14(15)11-13-7-3-2-4-8-13/h2-10,12,18H,11H2,1H3,(H2,17,19). The maximum absolute atomic E-state index is 11.1. The number of anilines is 1. The van der Waals surface area contributed by atoms with Crippen molar-refractivity contribution in [2.45, 2.75) is 19.4 Å². The summed E-state index contributed by atoms with van der Waals surface area (Å²) in [4.78, 5) is 11.1. The first-order chi connectivity index (χ1) is 9.16. The summed E-state index contributed by atoms with van der Waals surface area (Å²) in [5, 5.41) is 3.16. The third kappa shape index (κ3) is 3.58. The monoisotopic (exact) mass is 254 g/mol. The Bertz CT molecular complexity index is 552. The van der Waals surface area contributed by atoms with Gasteiger partial charge in [-0.2, -0.15) is 0 Å². The summed E-state index contributed by atoms with van der Waals surface area (Å²) >= 11 is 0. The molecule has 0 aliphatic carbocycles. The summed E-state index contributed by atoms with van der Waals surface area (Å²) in [5.74, 6) is -0.352. The van der Waals surface area contributed by atoms with Crippen LogP contribution < -0.4 is 11.1 Å². The minimum Gasteiger partial charge on any atom is -0.374 e. The van der Waals surface area contributed by atoms with Crippen LogP contribution in [0.4, 0.5) is 5.69 Å². The predicted molar refractivity (Wildman–Crippen MR) is 78.0 cm³/mol. The van der Waals surface area contributed by atoms with E-state index in [9.17, 15) is 4.79 Å². The highest BCUT2D eigenvalue weighted by Gasteiger charge is 2.10. The van der Waals surface area contributed by atoms with Crippen LogP contribution in [0.15, 0.2) is 54.6 Å². The van der Waals surface area contributed by atoms with Crippen molar-refractivity contribution in [1.82, 2.24) is 0 Å². The Kier molecular flexibility index (Phi) is 4.18. The molecule has 19 heavy (non-hydrogen) atoms. The number of amides is 1. The number of nitrogens with two attached hydrogens (primary N) is 1. The van der Waals surface area contributed by atoms with Crippen molar-refractivity contribution in [2.24, 2.45) is 5.73 Å². The molecule has 0 heterocycles. The average molecular weight is 254 g/mol. The Balaban J connectivity index is 2.19. The van der Waals surface area contributed by atoms with Crippen LogP contribution in [0.25, 0.3) is 0 Å². The van der Waals surface area contributed by atoms with E-state index >= 15 is 0 Å². The van der Waals surface area contributed by atoms with Gasteiger partial charge in [0.15, 0.2) is 0 Å². The van der Waals surface area contributed by atoms with Crippen LogP contribution in [0.3, 0.4) is 0 Å². The molecule has 0 bridgehead atoms. The highest BCUT2D eigenvalue weighted by Crippen LogP contribution is 2.19. The van der Waals surface area contributed by atoms with E-state index in [1.54, 1.807) is 6.92 Å². The van der Waals surface area contributed by atoms with Crippen molar-refractivity contribution in [3.63, 3.8) is 0 Å². The highest BCUT2D eigenvalue weighted by molar-refractivity contribution is 5.82. The number of benzene rings is 2. The van der Waals surface area contributed by atoms with Crippen molar-refractivity contribution >= 4 is 11.6 Å². The van der Waals surface area contributed by atoms with Gasteiger partial charge in [-0.05, 0) is 30.5 Å². The van der Waals surface area contributed by atoms with E-state index in [4.69, 9.17) is 5.73 Å². The van der Waals surface area contributed by atoms with E-state index in [1.807, 2.05) is 36.4 Å². The number of hydrogen-bond acceptors (Lipinski definition) is 2. The largest absolute Gasteiger partial charge is 0.374 e. The van der Waals surface area contributed by atoms with Gasteiger partial charge in [0.2, 0.25) is 5.91 Å². The summed E-state index contributed by atoms with van der Waals surface area (Å²) in [5.41, 5.74) is 8.63. The zero-order chi connectivity index (χ0) is 13.7. The highest BCUT2D eigenvalue weighted by atomic mass is 16.1. The fraction of sp³-hybridized carbons (Fsp3) is 0.188. The Hall–Kier alpha value is -2.29. The van der Waals surface area contributed by atoms with Crippen LogP contribution in [0.5, 0.6) is 0 Å². The van der Waals surface area contributed by atoms with Gasteiger partial charge in [-0.1, -0.05) is 48.5 Å². The summed E-state index contributed by atoms with van der Waals surface area (Å²) < 4.78 is 0. The van der Waals surface area contributed by atoms with Gasteiger partial charge in [0.05, 0.1) is 0 Å². The zero-order valence-electron chi connectivity index (χ0n) is 11.0. The average Bonchev–Trinajstić information content (AvgIpc) is 2.42. The van der Waals surface area contributed by atoms with Gasteiger partial charge < -0.3 is 11.1 Å². The van der Waals surface area contributed by atoms with Crippen LogP contribution >= 0.6 is 0 Å². The second-order valence-corrected chi connectivity index (χ2v) is 4.59. The SMILES string of the molecule is CC(Nc1ccccc1Cc1ccccc1)C(N)=O. The van der Waals surface area contributed by atoms with E-state index in [1.165, 1.54) is 5.56 Å². The first kappa shape index (κ1) is 13.1. The molecule has 3 nitrogen and oxygen atoms in total. The van der Waals surface area contributed by atoms with Gasteiger partial charge in [-0.3, -0.25) is 4.79 Å². The van der Waals surface area contributed by atoms with Gasteiger partial charge in [0, 0.05) is 5.69 Å². The molecule has 0 saturated carbocycles. The smallest absolute Gasteiger partial charge is 0.239 e. The molecular formula is C16H18N2O. The Morgan fingerprint density at radius 1 is 1.11 bits per heavy atom. The van der Waals surface area contributed by atoms with Crippen molar-refractivity contribution in [3.8, 4) is 0 Å². The Morgan fingerprint density at radius 2 is 1.74 bits per heavy atom. The normalized spacial score (nSPS) is 11.8.